The number of ether oxygens (including phenoxy) is 1. The van der Waals surface area contributed by atoms with E-state index in [1.807, 2.05) is 0 Å². The summed E-state index contributed by atoms with van der Waals surface area (Å²) in [5.74, 6) is 0.0904. The largest absolute Gasteiger partial charge is 0.483 e. The molecule has 0 radical (unpaired) electrons. The number of hydrogen-bond acceptors (Lipinski definition) is 6. The van der Waals surface area contributed by atoms with Crippen molar-refractivity contribution in [1.82, 2.24) is 4.98 Å². The summed E-state index contributed by atoms with van der Waals surface area (Å²) in [4.78, 5) is 16.0. The number of carbonyl (C=O) groups is 1. The van der Waals surface area contributed by atoms with Gasteiger partial charge in [0.25, 0.3) is 15.9 Å². The van der Waals surface area contributed by atoms with Crippen molar-refractivity contribution in [3.63, 3.8) is 0 Å². The zero-order valence-corrected chi connectivity index (χ0v) is 18.0. The molecule has 7 nitrogen and oxygen atoms in total. The van der Waals surface area contributed by atoms with Gasteiger partial charge in [0, 0.05) is 22.3 Å². The summed E-state index contributed by atoms with van der Waals surface area (Å²) >= 11 is 10.3. The number of nitrogens with one attached hydrogen (secondary N) is 2. The van der Waals surface area contributed by atoms with E-state index >= 15 is 0 Å². The highest BCUT2D eigenvalue weighted by molar-refractivity contribution is 9.10. The summed E-state index contributed by atoms with van der Waals surface area (Å²) in [5.41, 5.74) is 0.442. The lowest BCUT2D eigenvalue weighted by Gasteiger charge is -2.10. The number of halogens is 2. The van der Waals surface area contributed by atoms with Crippen molar-refractivity contribution in [2.45, 2.75) is 4.90 Å². The van der Waals surface area contributed by atoms with Crippen LogP contribution >= 0.6 is 38.9 Å². The molecule has 1 amide bonds. The molecule has 3 rings (SSSR count). The fourth-order valence-electron chi connectivity index (χ4n) is 2.10. The molecule has 0 bridgehead atoms. The highest BCUT2D eigenvalue weighted by Crippen LogP contribution is 2.28. The summed E-state index contributed by atoms with van der Waals surface area (Å²) in [5, 5.41) is 5.13. The van der Waals surface area contributed by atoms with Crippen LogP contribution in [-0.4, -0.2) is 25.9 Å². The molecule has 2 aromatic carbocycles. The third kappa shape index (κ3) is 5.44. The highest BCUT2D eigenvalue weighted by Gasteiger charge is 2.15. The van der Waals surface area contributed by atoms with Gasteiger partial charge in [-0.15, -0.1) is 11.3 Å². The van der Waals surface area contributed by atoms with Gasteiger partial charge >= 0.3 is 0 Å². The van der Waals surface area contributed by atoms with Crippen molar-refractivity contribution >= 4 is 65.6 Å². The van der Waals surface area contributed by atoms with E-state index < -0.39 is 15.9 Å². The molecule has 28 heavy (non-hydrogen) atoms. The molecule has 0 unspecified atom stereocenters. The second-order valence-corrected chi connectivity index (χ2v) is 9.25. The van der Waals surface area contributed by atoms with Gasteiger partial charge in [0.15, 0.2) is 11.7 Å². The van der Waals surface area contributed by atoms with Crippen LogP contribution in [0.5, 0.6) is 5.75 Å². The number of amides is 1. The van der Waals surface area contributed by atoms with Gasteiger partial charge in [-0.3, -0.25) is 9.52 Å². The topological polar surface area (TPSA) is 97.4 Å². The minimum Gasteiger partial charge on any atom is -0.483 e. The fraction of sp³-hybridized carbons (Fsp3) is 0.0588. The Morgan fingerprint density at radius 3 is 2.61 bits per heavy atom. The van der Waals surface area contributed by atoms with E-state index in [1.54, 1.807) is 23.6 Å². The summed E-state index contributed by atoms with van der Waals surface area (Å²) in [6, 6.07) is 10.7. The summed E-state index contributed by atoms with van der Waals surface area (Å²) < 4.78 is 33.0. The monoisotopic (exact) mass is 501 g/mol. The maximum absolute atomic E-state index is 12.3. The quantitative estimate of drug-likeness (QED) is 0.500. The van der Waals surface area contributed by atoms with Crippen LogP contribution in [-0.2, 0) is 14.8 Å². The van der Waals surface area contributed by atoms with E-state index in [0.29, 0.717) is 20.9 Å². The number of anilines is 2. The Morgan fingerprint density at radius 2 is 1.96 bits per heavy atom. The molecule has 146 valence electrons. The van der Waals surface area contributed by atoms with Crippen LogP contribution in [0.4, 0.5) is 10.8 Å². The van der Waals surface area contributed by atoms with Crippen molar-refractivity contribution in [2.24, 2.45) is 0 Å². The number of sulfonamides is 1. The van der Waals surface area contributed by atoms with Crippen LogP contribution < -0.4 is 14.8 Å². The first-order valence-electron chi connectivity index (χ1n) is 7.73. The maximum Gasteiger partial charge on any atom is 0.263 e. The summed E-state index contributed by atoms with van der Waals surface area (Å²) in [6.07, 6.45) is 1.51. The molecule has 0 saturated carbocycles. The Hall–Kier alpha value is -2.14. The molecule has 0 fully saturated rings. The molecule has 2 N–H and O–H groups in total. The zero-order chi connectivity index (χ0) is 20.1. The third-order valence-corrected chi connectivity index (χ3v) is 6.38. The van der Waals surface area contributed by atoms with Gasteiger partial charge in [0.1, 0.15) is 5.75 Å². The van der Waals surface area contributed by atoms with Gasteiger partial charge in [0.05, 0.1) is 9.37 Å². The first-order valence-corrected chi connectivity index (χ1v) is 11.3. The maximum atomic E-state index is 12.3. The number of carbonyl (C=O) groups excluding carboxylic acids is 1. The Morgan fingerprint density at radius 1 is 1.21 bits per heavy atom. The molecule has 11 heteroatoms. The molecule has 0 aliphatic rings. The standard InChI is InChI=1S/C17H13BrClN3O4S2/c18-14-9-11(19)1-6-15(14)26-10-16(23)21-12-2-4-13(5-3-12)28(24,25)22-17-20-7-8-27-17/h1-9H,10H2,(H,20,22)(H,21,23). The summed E-state index contributed by atoms with van der Waals surface area (Å²) in [6.45, 7) is -0.216. The zero-order valence-electron chi connectivity index (χ0n) is 14.1. The molecule has 1 heterocycles. The van der Waals surface area contributed by atoms with Gasteiger partial charge in [0.2, 0.25) is 0 Å². The van der Waals surface area contributed by atoms with Crippen LogP contribution in [0, 0.1) is 0 Å². The van der Waals surface area contributed by atoms with Crippen LogP contribution in [0.25, 0.3) is 0 Å². The van der Waals surface area contributed by atoms with E-state index in [-0.39, 0.29) is 16.6 Å². The van der Waals surface area contributed by atoms with Crippen molar-refractivity contribution in [3.8, 4) is 5.75 Å². The lowest BCUT2D eigenvalue weighted by molar-refractivity contribution is -0.118. The Labute approximate surface area is 178 Å². The van der Waals surface area contributed by atoms with E-state index in [4.69, 9.17) is 16.3 Å². The van der Waals surface area contributed by atoms with E-state index in [2.05, 4.69) is 31.0 Å². The van der Waals surface area contributed by atoms with E-state index in [9.17, 15) is 13.2 Å². The first-order chi connectivity index (χ1) is 13.3. The Balaban J connectivity index is 1.58. The van der Waals surface area contributed by atoms with Crippen LogP contribution in [0.2, 0.25) is 5.02 Å². The van der Waals surface area contributed by atoms with Gasteiger partial charge in [-0.2, -0.15) is 0 Å². The molecular formula is C17H13BrClN3O4S2. The Kier molecular flexibility index (Phi) is 6.55. The molecule has 0 atom stereocenters. The SMILES string of the molecule is O=C(COc1ccc(Cl)cc1Br)Nc1ccc(S(=O)(=O)Nc2nccs2)cc1. The average molecular weight is 503 g/mol. The van der Waals surface area contributed by atoms with Crippen molar-refractivity contribution in [2.75, 3.05) is 16.6 Å². The van der Waals surface area contributed by atoms with E-state index in [1.165, 1.54) is 41.8 Å². The minimum absolute atomic E-state index is 0.0574. The Bertz CT molecular complexity index is 1070. The second kappa shape index (κ2) is 8.91. The smallest absolute Gasteiger partial charge is 0.263 e. The minimum atomic E-state index is -3.74. The van der Waals surface area contributed by atoms with Gasteiger partial charge in [-0.1, -0.05) is 11.6 Å². The molecule has 1 aromatic heterocycles. The number of aromatic nitrogens is 1. The molecular weight excluding hydrogens is 490 g/mol. The number of nitrogens with zero attached hydrogens (tertiary/aromatic N) is 1. The average Bonchev–Trinajstić information content (AvgIpc) is 3.14. The number of benzene rings is 2. The molecule has 0 aliphatic carbocycles. The predicted octanol–water partition coefficient (Wildman–Crippen LogP) is 4.38. The second-order valence-electron chi connectivity index (χ2n) is 5.38. The number of thiazole rings is 1. The lowest BCUT2D eigenvalue weighted by atomic mass is 10.3. The molecule has 0 saturated heterocycles. The first kappa shape index (κ1) is 20.6. The lowest BCUT2D eigenvalue weighted by Crippen LogP contribution is -2.20. The van der Waals surface area contributed by atoms with Gasteiger partial charge in [-0.05, 0) is 58.4 Å². The number of rotatable bonds is 7. The molecule has 3 aromatic rings. The van der Waals surface area contributed by atoms with Crippen molar-refractivity contribution < 1.29 is 17.9 Å². The van der Waals surface area contributed by atoms with Crippen LogP contribution in [0.15, 0.2) is 63.4 Å². The molecule has 0 spiro atoms. The number of hydrogen-bond donors (Lipinski definition) is 2. The summed E-state index contributed by atoms with van der Waals surface area (Å²) in [7, 11) is -3.74. The molecule has 0 aliphatic heterocycles. The van der Waals surface area contributed by atoms with Gasteiger partial charge < -0.3 is 10.1 Å². The predicted molar refractivity (Wildman–Crippen MR) is 113 cm³/mol. The van der Waals surface area contributed by atoms with Crippen LogP contribution in [0.3, 0.4) is 0 Å². The van der Waals surface area contributed by atoms with Gasteiger partial charge in [-0.25, -0.2) is 13.4 Å². The third-order valence-electron chi connectivity index (χ3n) is 3.36. The van der Waals surface area contributed by atoms with Crippen LogP contribution in [0.1, 0.15) is 0 Å². The fourth-order valence-corrected chi connectivity index (χ4v) is 4.68. The van der Waals surface area contributed by atoms with Crippen molar-refractivity contribution in [3.05, 3.63) is 63.5 Å². The van der Waals surface area contributed by atoms with Crippen molar-refractivity contribution in [1.29, 1.82) is 0 Å². The van der Waals surface area contributed by atoms with E-state index in [0.717, 1.165) is 0 Å². The highest BCUT2D eigenvalue weighted by atomic mass is 79.9. The normalized spacial score (nSPS) is 11.1.